The van der Waals surface area contributed by atoms with Crippen molar-refractivity contribution in [3.63, 3.8) is 0 Å². The third-order valence-electron chi connectivity index (χ3n) is 6.70. The molecule has 2 aliphatic heterocycles. The Hall–Kier alpha value is -2.84. The average molecular weight is 514 g/mol. The molecule has 0 bridgehead atoms. The first-order chi connectivity index (χ1) is 17.2. The van der Waals surface area contributed by atoms with Gasteiger partial charge < -0.3 is 19.1 Å². The van der Waals surface area contributed by atoms with Crippen LogP contribution in [0, 0.1) is 5.41 Å². The number of carbonyl (C=O) groups excluding carboxylic acids is 1. The number of carbonyl (C=O) groups is 1. The zero-order valence-corrected chi connectivity index (χ0v) is 21.9. The van der Waals surface area contributed by atoms with Crippen molar-refractivity contribution < 1.29 is 27.4 Å². The molecule has 194 valence electrons. The van der Waals surface area contributed by atoms with Crippen LogP contribution in [0.4, 0.5) is 0 Å². The number of benzene rings is 2. The van der Waals surface area contributed by atoms with Gasteiger partial charge in [-0.3, -0.25) is 4.79 Å². The SMILES string of the molecule is CC(C)OC(C(=O)N1CCC(CCS(C)(=O)=O)(C2=COC(Cc3ccccc3)O2)C1)c1ccccc1. The molecule has 0 saturated carbocycles. The molecular weight excluding hydrogens is 478 g/mol. The predicted molar refractivity (Wildman–Crippen MR) is 138 cm³/mol. The van der Waals surface area contributed by atoms with Crippen molar-refractivity contribution in [2.24, 2.45) is 5.41 Å². The lowest BCUT2D eigenvalue weighted by atomic mass is 9.82. The average Bonchev–Trinajstić information content (AvgIpc) is 3.50. The van der Waals surface area contributed by atoms with Crippen molar-refractivity contribution in [1.29, 1.82) is 0 Å². The molecule has 0 N–H and O–H groups in total. The number of rotatable bonds is 10. The Bertz CT molecular complexity index is 1170. The van der Waals surface area contributed by atoms with E-state index in [0.29, 0.717) is 38.1 Å². The minimum Gasteiger partial charge on any atom is -0.459 e. The van der Waals surface area contributed by atoms with Gasteiger partial charge in [-0.05, 0) is 37.8 Å². The first kappa shape index (κ1) is 26.2. The Kier molecular flexibility index (Phi) is 8.05. The zero-order chi connectivity index (χ0) is 25.8. The summed E-state index contributed by atoms with van der Waals surface area (Å²) in [5.41, 5.74) is 1.25. The van der Waals surface area contributed by atoms with Gasteiger partial charge in [0.05, 0.1) is 17.3 Å². The molecule has 7 nitrogen and oxygen atoms in total. The Morgan fingerprint density at radius 3 is 2.42 bits per heavy atom. The number of amides is 1. The molecule has 4 rings (SSSR count). The van der Waals surface area contributed by atoms with Crippen LogP contribution < -0.4 is 0 Å². The fourth-order valence-electron chi connectivity index (χ4n) is 4.80. The summed E-state index contributed by atoms with van der Waals surface area (Å²) in [4.78, 5) is 15.5. The summed E-state index contributed by atoms with van der Waals surface area (Å²) in [5, 5.41) is 0. The van der Waals surface area contributed by atoms with E-state index in [4.69, 9.17) is 14.2 Å². The molecule has 2 aromatic carbocycles. The molecule has 0 aliphatic carbocycles. The van der Waals surface area contributed by atoms with Crippen LogP contribution in [0.25, 0.3) is 0 Å². The number of sulfone groups is 1. The van der Waals surface area contributed by atoms with E-state index < -0.39 is 27.6 Å². The van der Waals surface area contributed by atoms with Gasteiger partial charge in [0.2, 0.25) is 6.29 Å². The van der Waals surface area contributed by atoms with E-state index >= 15 is 0 Å². The summed E-state index contributed by atoms with van der Waals surface area (Å²) >= 11 is 0. The topological polar surface area (TPSA) is 82.1 Å². The molecule has 0 aromatic heterocycles. The highest BCUT2D eigenvalue weighted by Crippen LogP contribution is 2.45. The Morgan fingerprint density at radius 1 is 1.11 bits per heavy atom. The van der Waals surface area contributed by atoms with E-state index in [1.807, 2.05) is 74.5 Å². The van der Waals surface area contributed by atoms with E-state index in [-0.39, 0.29) is 17.8 Å². The van der Waals surface area contributed by atoms with Gasteiger partial charge in [-0.25, -0.2) is 8.42 Å². The molecule has 2 aromatic rings. The maximum Gasteiger partial charge on any atom is 0.256 e. The molecule has 2 aliphatic rings. The van der Waals surface area contributed by atoms with Crippen LogP contribution in [-0.4, -0.2) is 56.7 Å². The number of nitrogens with zero attached hydrogens (tertiary/aromatic N) is 1. The molecule has 1 fully saturated rings. The lowest BCUT2D eigenvalue weighted by Crippen LogP contribution is -2.38. The van der Waals surface area contributed by atoms with Crippen molar-refractivity contribution in [2.75, 3.05) is 25.1 Å². The molecule has 3 atom stereocenters. The van der Waals surface area contributed by atoms with Crippen LogP contribution in [0.1, 0.15) is 43.9 Å². The maximum absolute atomic E-state index is 13.7. The lowest BCUT2D eigenvalue weighted by molar-refractivity contribution is -0.146. The van der Waals surface area contributed by atoms with E-state index in [0.717, 1.165) is 11.1 Å². The van der Waals surface area contributed by atoms with E-state index in [2.05, 4.69) is 0 Å². The van der Waals surface area contributed by atoms with E-state index in [9.17, 15) is 13.2 Å². The summed E-state index contributed by atoms with van der Waals surface area (Å²) in [5.74, 6) is 0.490. The predicted octanol–water partition coefficient (Wildman–Crippen LogP) is 4.26. The Balaban J connectivity index is 1.53. The minimum absolute atomic E-state index is 0.00366. The van der Waals surface area contributed by atoms with Gasteiger partial charge in [0, 0.05) is 25.8 Å². The number of ether oxygens (including phenoxy) is 3. The fourth-order valence-corrected chi connectivity index (χ4v) is 5.56. The summed E-state index contributed by atoms with van der Waals surface area (Å²) in [7, 11) is -3.21. The molecule has 3 unspecified atom stereocenters. The fraction of sp³-hybridized carbons (Fsp3) is 0.464. The van der Waals surface area contributed by atoms with E-state index in [1.165, 1.54) is 6.26 Å². The summed E-state index contributed by atoms with van der Waals surface area (Å²) in [6.45, 7) is 4.65. The normalized spacial score (nSPS) is 22.7. The van der Waals surface area contributed by atoms with Gasteiger partial charge in [-0.15, -0.1) is 0 Å². The quantitative estimate of drug-likeness (QED) is 0.472. The second-order valence-electron chi connectivity index (χ2n) is 10.0. The molecule has 2 heterocycles. The maximum atomic E-state index is 13.7. The van der Waals surface area contributed by atoms with Crippen LogP contribution >= 0.6 is 0 Å². The number of hydrogen-bond acceptors (Lipinski definition) is 6. The van der Waals surface area contributed by atoms with Crippen molar-refractivity contribution >= 4 is 15.7 Å². The van der Waals surface area contributed by atoms with Gasteiger partial charge in [-0.1, -0.05) is 60.7 Å². The minimum atomic E-state index is -3.21. The Morgan fingerprint density at radius 2 is 1.78 bits per heavy atom. The first-order valence-electron chi connectivity index (χ1n) is 12.4. The molecule has 8 heteroatoms. The summed E-state index contributed by atoms with van der Waals surface area (Å²) in [6.07, 6.45) is 3.02. The summed E-state index contributed by atoms with van der Waals surface area (Å²) in [6, 6.07) is 19.4. The molecule has 0 spiro atoms. The number of hydrogen-bond donors (Lipinski definition) is 0. The Labute approximate surface area is 214 Å². The first-order valence-corrected chi connectivity index (χ1v) is 14.4. The van der Waals surface area contributed by atoms with Gasteiger partial charge in [-0.2, -0.15) is 0 Å². The van der Waals surface area contributed by atoms with Crippen LogP contribution in [0.15, 0.2) is 72.7 Å². The molecular formula is C28H35NO6S. The van der Waals surface area contributed by atoms with Crippen molar-refractivity contribution in [2.45, 2.75) is 51.6 Å². The highest BCUT2D eigenvalue weighted by atomic mass is 32.2. The van der Waals surface area contributed by atoms with Gasteiger partial charge in [0.15, 0.2) is 6.10 Å². The van der Waals surface area contributed by atoms with Crippen molar-refractivity contribution in [3.05, 3.63) is 83.8 Å². The third kappa shape index (κ3) is 6.48. The monoisotopic (exact) mass is 513 g/mol. The van der Waals surface area contributed by atoms with Crippen LogP contribution in [-0.2, 0) is 35.3 Å². The van der Waals surface area contributed by atoms with Crippen molar-refractivity contribution in [3.8, 4) is 0 Å². The number of likely N-dealkylation sites (tertiary alicyclic amines) is 1. The standard InChI is InChI=1S/C28H35NO6S/c1-21(2)34-26(23-12-8-5-9-13-23)27(30)29-16-14-28(20-29,15-17-36(3,31)32)24-19-33-25(35-24)18-22-10-6-4-7-11-22/h4-13,19,21,25-26H,14-18,20H2,1-3H3. The second-order valence-corrected chi connectivity index (χ2v) is 12.3. The van der Waals surface area contributed by atoms with Crippen LogP contribution in [0.5, 0.6) is 0 Å². The zero-order valence-electron chi connectivity index (χ0n) is 21.1. The molecule has 36 heavy (non-hydrogen) atoms. The summed E-state index contributed by atoms with van der Waals surface area (Å²) < 4.78 is 42.3. The highest BCUT2D eigenvalue weighted by molar-refractivity contribution is 7.90. The van der Waals surface area contributed by atoms with Crippen molar-refractivity contribution in [1.82, 2.24) is 4.90 Å². The molecule has 1 saturated heterocycles. The van der Waals surface area contributed by atoms with Gasteiger partial charge in [0.1, 0.15) is 21.9 Å². The smallest absolute Gasteiger partial charge is 0.256 e. The van der Waals surface area contributed by atoms with Gasteiger partial charge >= 0.3 is 0 Å². The van der Waals surface area contributed by atoms with Crippen LogP contribution in [0.3, 0.4) is 0 Å². The molecule has 0 radical (unpaired) electrons. The van der Waals surface area contributed by atoms with Gasteiger partial charge in [0.25, 0.3) is 5.91 Å². The largest absolute Gasteiger partial charge is 0.459 e. The van der Waals surface area contributed by atoms with E-state index in [1.54, 1.807) is 11.2 Å². The third-order valence-corrected chi connectivity index (χ3v) is 7.65. The lowest BCUT2D eigenvalue weighted by Gasteiger charge is -2.31. The highest BCUT2D eigenvalue weighted by Gasteiger charge is 2.48. The van der Waals surface area contributed by atoms with Crippen LogP contribution in [0.2, 0.25) is 0 Å². The second kappa shape index (κ2) is 11.0. The molecule has 1 amide bonds.